The molecule has 3 fully saturated rings. The summed E-state index contributed by atoms with van der Waals surface area (Å²) in [6.07, 6.45) is 9.64. The summed E-state index contributed by atoms with van der Waals surface area (Å²) in [5.41, 5.74) is 0. The molecule has 2 saturated heterocycles. The van der Waals surface area contributed by atoms with Gasteiger partial charge in [-0.2, -0.15) is 5.10 Å². The van der Waals surface area contributed by atoms with Crippen molar-refractivity contribution in [3.63, 3.8) is 0 Å². The van der Waals surface area contributed by atoms with Crippen LogP contribution in [0.5, 0.6) is 0 Å². The number of aromatic amines is 1. The molecule has 1 amide bonds. The molecule has 1 aromatic heterocycles. The van der Waals surface area contributed by atoms with Crippen molar-refractivity contribution < 1.29 is 4.79 Å². The Balaban J connectivity index is 1.31. The molecule has 3 heterocycles. The van der Waals surface area contributed by atoms with Gasteiger partial charge in [-0.25, -0.2) is 4.98 Å². The molecule has 2 aliphatic heterocycles. The Morgan fingerprint density at radius 2 is 1.79 bits per heavy atom. The van der Waals surface area contributed by atoms with Crippen molar-refractivity contribution in [1.82, 2.24) is 25.0 Å². The maximum atomic E-state index is 12.9. The third kappa shape index (κ3) is 3.08. The third-order valence-electron chi connectivity index (χ3n) is 6.18. The van der Waals surface area contributed by atoms with Crippen LogP contribution in [-0.2, 0) is 4.79 Å². The molecule has 1 aromatic rings. The number of rotatable bonds is 3. The van der Waals surface area contributed by atoms with Crippen molar-refractivity contribution in [2.45, 2.75) is 76.3 Å². The highest BCUT2D eigenvalue weighted by atomic mass is 16.2. The number of hydrogen-bond donors (Lipinski definition) is 1. The lowest BCUT2D eigenvalue weighted by Gasteiger charge is -2.48. The van der Waals surface area contributed by atoms with Gasteiger partial charge in [0.2, 0.25) is 5.91 Å². The Hall–Kier alpha value is -1.43. The van der Waals surface area contributed by atoms with E-state index in [1.165, 1.54) is 32.1 Å². The summed E-state index contributed by atoms with van der Waals surface area (Å²) in [6, 6.07) is 0.825. The van der Waals surface area contributed by atoms with Crippen LogP contribution in [0.4, 0.5) is 0 Å². The van der Waals surface area contributed by atoms with Crippen LogP contribution in [0.2, 0.25) is 0 Å². The zero-order valence-corrected chi connectivity index (χ0v) is 14.7. The van der Waals surface area contributed by atoms with E-state index in [1.807, 2.05) is 6.92 Å². The average Bonchev–Trinajstić information content (AvgIpc) is 3.01. The summed E-state index contributed by atoms with van der Waals surface area (Å²) >= 11 is 0. The number of hydrogen-bond acceptors (Lipinski definition) is 4. The molecule has 1 atom stereocenters. The van der Waals surface area contributed by atoms with E-state index in [4.69, 9.17) is 0 Å². The van der Waals surface area contributed by atoms with E-state index >= 15 is 0 Å². The average molecular weight is 331 g/mol. The van der Waals surface area contributed by atoms with Crippen molar-refractivity contribution in [3.05, 3.63) is 11.6 Å². The topological polar surface area (TPSA) is 65.1 Å². The van der Waals surface area contributed by atoms with Crippen molar-refractivity contribution >= 4 is 5.91 Å². The molecule has 1 saturated carbocycles. The normalized spacial score (nSPS) is 27.2. The van der Waals surface area contributed by atoms with Crippen molar-refractivity contribution in [2.24, 2.45) is 0 Å². The third-order valence-corrected chi connectivity index (χ3v) is 6.18. The van der Waals surface area contributed by atoms with Gasteiger partial charge in [0, 0.05) is 31.6 Å². The van der Waals surface area contributed by atoms with Gasteiger partial charge >= 0.3 is 0 Å². The van der Waals surface area contributed by atoms with Gasteiger partial charge in [0.1, 0.15) is 5.82 Å². The van der Waals surface area contributed by atoms with Crippen molar-refractivity contribution in [3.8, 4) is 0 Å². The molecule has 6 nitrogen and oxygen atoms in total. The summed E-state index contributed by atoms with van der Waals surface area (Å²) in [5.74, 6) is 2.57. The van der Waals surface area contributed by atoms with E-state index in [9.17, 15) is 4.79 Å². The first-order valence-corrected chi connectivity index (χ1v) is 9.66. The van der Waals surface area contributed by atoms with Crippen LogP contribution < -0.4 is 0 Å². The minimum atomic E-state index is 0.162. The van der Waals surface area contributed by atoms with Crippen LogP contribution >= 0.6 is 0 Å². The van der Waals surface area contributed by atoms with E-state index in [0.29, 0.717) is 17.9 Å². The minimum Gasteiger partial charge on any atom is -0.341 e. The Morgan fingerprint density at radius 3 is 2.38 bits per heavy atom. The molecule has 0 spiro atoms. The molecule has 24 heavy (non-hydrogen) atoms. The molecule has 0 radical (unpaired) electrons. The standard InChI is InChI=1S/C18H29N5O/c1-13-19-17(21-20-13)14-7-10-22(11-8-14)18(24)16-9-12-23(16)15-5-3-2-4-6-15/h14-16H,2-12H2,1H3,(H,19,20,21). The number of aryl methyl sites for hydroxylation is 1. The Kier molecular flexibility index (Phi) is 4.57. The van der Waals surface area contributed by atoms with Gasteiger partial charge in [-0.3, -0.25) is 14.8 Å². The van der Waals surface area contributed by atoms with Gasteiger partial charge in [0.15, 0.2) is 5.82 Å². The lowest BCUT2D eigenvalue weighted by molar-refractivity contribution is -0.145. The maximum Gasteiger partial charge on any atom is 0.239 e. The molecule has 4 rings (SSSR count). The number of nitrogens with one attached hydrogen (secondary N) is 1. The van der Waals surface area contributed by atoms with Crippen LogP contribution in [0.3, 0.4) is 0 Å². The van der Waals surface area contributed by atoms with Gasteiger partial charge in [0.05, 0.1) is 6.04 Å². The summed E-state index contributed by atoms with van der Waals surface area (Å²) < 4.78 is 0. The molecule has 1 aliphatic carbocycles. The second-order valence-corrected chi connectivity index (χ2v) is 7.71. The monoisotopic (exact) mass is 331 g/mol. The highest BCUT2D eigenvalue weighted by Gasteiger charge is 2.41. The van der Waals surface area contributed by atoms with Crippen molar-refractivity contribution in [2.75, 3.05) is 19.6 Å². The Morgan fingerprint density at radius 1 is 1.04 bits per heavy atom. The van der Waals surface area contributed by atoms with E-state index in [1.54, 1.807) is 0 Å². The fraction of sp³-hybridized carbons (Fsp3) is 0.833. The SMILES string of the molecule is Cc1nc(C2CCN(C(=O)C3CCN3C3CCCCC3)CC2)n[nH]1. The van der Waals surface area contributed by atoms with Gasteiger partial charge in [-0.1, -0.05) is 19.3 Å². The first-order valence-electron chi connectivity index (χ1n) is 9.66. The molecule has 6 heteroatoms. The number of nitrogens with zero attached hydrogens (tertiary/aromatic N) is 4. The smallest absolute Gasteiger partial charge is 0.239 e. The number of likely N-dealkylation sites (tertiary alicyclic amines) is 2. The van der Waals surface area contributed by atoms with Crippen LogP contribution in [0.15, 0.2) is 0 Å². The molecular formula is C18H29N5O. The predicted molar refractivity (Wildman–Crippen MR) is 91.7 cm³/mol. The number of carbonyl (C=O) groups is 1. The first-order chi connectivity index (χ1) is 11.7. The molecule has 132 valence electrons. The van der Waals surface area contributed by atoms with E-state index in [0.717, 1.165) is 50.5 Å². The molecule has 1 unspecified atom stereocenters. The van der Waals surface area contributed by atoms with Crippen LogP contribution in [0.25, 0.3) is 0 Å². The Bertz CT molecular complexity index is 572. The highest BCUT2D eigenvalue weighted by Crippen LogP contribution is 2.32. The van der Waals surface area contributed by atoms with Gasteiger partial charge in [0.25, 0.3) is 0 Å². The zero-order valence-electron chi connectivity index (χ0n) is 14.7. The fourth-order valence-corrected chi connectivity index (χ4v) is 4.63. The minimum absolute atomic E-state index is 0.162. The van der Waals surface area contributed by atoms with Crippen LogP contribution in [0.1, 0.15) is 68.9 Å². The maximum absolute atomic E-state index is 12.9. The van der Waals surface area contributed by atoms with E-state index in [2.05, 4.69) is 25.0 Å². The Labute approximate surface area is 144 Å². The van der Waals surface area contributed by atoms with Crippen LogP contribution in [0, 0.1) is 6.92 Å². The lowest BCUT2D eigenvalue weighted by atomic mass is 9.88. The molecule has 1 N–H and O–H groups in total. The second-order valence-electron chi connectivity index (χ2n) is 7.71. The van der Waals surface area contributed by atoms with E-state index < -0.39 is 0 Å². The predicted octanol–water partition coefficient (Wildman–Crippen LogP) is 2.23. The summed E-state index contributed by atoms with van der Waals surface area (Å²) in [5, 5.41) is 7.23. The van der Waals surface area contributed by atoms with E-state index in [-0.39, 0.29) is 6.04 Å². The molecular weight excluding hydrogens is 302 g/mol. The van der Waals surface area contributed by atoms with Gasteiger partial charge in [-0.05, 0) is 39.0 Å². The van der Waals surface area contributed by atoms with Gasteiger partial charge in [-0.15, -0.1) is 0 Å². The molecule has 3 aliphatic rings. The summed E-state index contributed by atoms with van der Waals surface area (Å²) in [6.45, 7) is 4.76. The largest absolute Gasteiger partial charge is 0.341 e. The first kappa shape index (κ1) is 16.1. The number of amides is 1. The number of H-pyrrole nitrogens is 1. The van der Waals surface area contributed by atoms with Gasteiger partial charge < -0.3 is 4.90 Å². The number of carbonyl (C=O) groups excluding carboxylic acids is 1. The summed E-state index contributed by atoms with van der Waals surface area (Å²) in [4.78, 5) is 22.0. The zero-order chi connectivity index (χ0) is 16.5. The fourth-order valence-electron chi connectivity index (χ4n) is 4.63. The molecule has 0 bridgehead atoms. The lowest BCUT2D eigenvalue weighted by Crippen LogP contribution is -2.61. The summed E-state index contributed by atoms with van der Waals surface area (Å²) in [7, 11) is 0. The number of aromatic nitrogens is 3. The quantitative estimate of drug-likeness (QED) is 0.922. The molecule has 0 aromatic carbocycles. The second kappa shape index (κ2) is 6.82. The number of piperidine rings is 1. The highest BCUT2D eigenvalue weighted by molar-refractivity contribution is 5.83. The van der Waals surface area contributed by atoms with Crippen molar-refractivity contribution in [1.29, 1.82) is 0 Å². The van der Waals surface area contributed by atoms with Crippen LogP contribution in [-0.4, -0.2) is 62.6 Å².